The van der Waals surface area contributed by atoms with E-state index in [1.54, 1.807) is 0 Å². The first-order valence-corrected chi connectivity index (χ1v) is 5.55. The van der Waals surface area contributed by atoms with Crippen LogP contribution in [0.5, 0.6) is 0 Å². The summed E-state index contributed by atoms with van der Waals surface area (Å²) in [7, 11) is 0. The molecule has 1 N–H and O–H groups in total. The second-order valence-corrected chi connectivity index (χ2v) is 4.18. The van der Waals surface area contributed by atoms with Gasteiger partial charge in [0.15, 0.2) is 0 Å². The van der Waals surface area contributed by atoms with Gasteiger partial charge in [-0.2, -0.15) is 22.0 Å². The molecule has 19 heavy (non-hydrogen) atoms. The van der Waals surface area contributed by atoms with Crippen molar-refractivity contribution in [3.8, 4) is 0 Å². The number of hydrogen-bond donors (Lipinski definition) is 1. The number of allylic oxidation sites excluding steroid dienone is 2. The molecule has 0 aliphatic heterocycles. The van der Waals surface area contributed by atoms with E-state index in [0.717, 1.165) is 19.1 Å². The molecule has 1 aromatic heterocycles. The highest BCUT2D eigenvalue weighted by molar-refractivity contribution is 6.32. The summed E-state index contributed by atoms with van der Waals surface area (Å²) in [4.78, 5) is 3.54. The lowest BCUT2D eigenvalue weighted by Gasteiger charge is -2.23. The van der Waals surface area contributed by atoms with Crippen LogP contribution in [0.1, 0.15) is 6.92 Å². The van der Waals surface area contributed by atoms with Crippen molar-refractivity contribution in [1.29, 1.82) is 0 Å². The van der Waals surface area contributed by atoms with Crippen molar-refractivity contribution in [3.63, 3.8) is 0 Å². The van der Waals surface area contributed by atoms with Crippen molar-refractivity contribution in [2.45, 2.75) is 19.0 Å². The van der Waals surface area contributed by atoms with Crippen molar-refractivity contribution >= 4 is 28.9 Å². The van der Waals surface area contributed by atoms with Crippen molar-refractivity contribution in [2.24, 2.45) is 0 Å². The van der Waals surface area contributed by atoms with Crippen LogP contribution < -0.4 is 5.32 Å². The molecular weight excluding hydrogens is 314 g/mol. The predicted octanol–water partition coefficient (Wildman–Crippen LogP) is 4.90. The van der Waals surface area contributed by atoms with Gasteiger partial charge < -0.3 is 5.32 Å². The quantitative estimate of drug-likeness (QED) is 0.632. The molecule has 0 spiro atoms. The van der Waals surface area contributed by atoms with E-state index in [-0.39, 0.29) is 16.0 Å². The minimum Gasteiger partial charge on any atom is -0.354 e. The zero-order valence-electron chi connectivity index (χ0n) is 9.33. The third kappa shape index (κ3) is 3.70. The maximum atomic E-state index is 13.1. The maximum Gasteiger partial charge on any atom is 0.459 e. The van der Waals surface area contributed by atoms with Gasteiger partial charge in [-0.05, 0) is 19.1 Å². The molecule has 2 nitrogen and oxygen atoms in total. The van der Waals surface area contributed by atoms with Crippen LogP contribution in [-0.4, -0.2) is 17.1 Å². The number of halogens is 7. The molecule has 0 aliphatic carbocycles. The highest BCUT2D eigenvalue weighted by Crippen LogP contribution is 2.41. The van der Waals surface area contributed by atoms with Crippen molar-refractivity contribution in [2.75, 3.05) is 5.32 Å². The molecule has 0 saturated carbocycles. The van der Waals surface area contributed by atoms with Crippen LogP contribution in [0.3, 0.4) is 0 Å². The molecule has 0 unspecified atom stereocenters. The summed E-state index contributed by atoms with van der Waals surface area (Å²) < 4.78 is 63.0. The van der Waals surface area contributed by atoms with Crippen LogP contribution in [-0.2, 0) is 0 Å². The molecule has 0 radical (unpaired) electrons. The first-order valence-electron chi connectivity index (χ1n) is 4.79. The van der Waals surface area contributed by atoms with E-state index in [9.17, 15) is 22.0 Å². The Hall–Kier alpha value is -1.08. The first-order chi connectivity index (χ1) is 8.57. The second-order valence-electron chi connectivity index (χ2n) is 3.40. The Bertz CT molecular complexity index is 479. The fraction of sp³-hybridized carbons (Fsp3) is 0.300. The molecular formula is C10H7Cl2F5N2. The Morgan fingerprint density at radius 1 is 1.16 bits per heavy atom. The SMILES string of the molecule is C/C=C(\Nc1cc(Cl)nc(Cl)c1)C(F)(F)C(F)(F)F. The van der Waals surface area contributed by atoms with E-state index < -0.39 is 17.8 Å². The summed E-state index contributed by atoms with van der Waals surface area (Å²) in [5.74, 6) is -5.01. The lowest BCUT2D eigenvalue weighted by atomic mass is 10.2. The minimum absolute atomic E-state index is 0.123. The van der Waals surface area contributed by atoms with Gasteiger partial charge >= 0.3 is 12.1 Å². The molecule has 0 fully saturated rings. The van der Waals surface area contributed by atoms with E-state index in [1.807, 2.05) is 5.32 Å². The smallest absolute Gasteiger partial charge is 0.354 e. The number of anilines is 1. The Balaban J connectivity index is 3.08. The molecule has 0 aromatic carbocycles. The zero-order valence-corrected chi connectivity index (χ0v) is 10.8. The zero-order chi connectivity index (χ0) is 14.8. The summed E-state index contributed by atoms with van der Waals surface area (Å²) in [5.41, 5.74) is -1.44. The van der Waals surface area contributed by atoms with Crippen LogP contribution in [0.25, 0.3) is 0 Å². The summed E-state index contributed by atoms with van der Waals surface area (Å²) in [6, 6.07) is 2.15. The minimum atomic E-state index is -5.71. The van der Waals surface area contributed by atoms with Crippen LogP contribution in [0, 0.1) is 0 Å². The summed E-state index contributed by atoms with van der Waals surface area (Å²) in [6.07, 6.45) is -5.09. The molecule has 1 heterocycles. The molecule has 0 atom stereocenters. The molecule has 0 amide bonds. The highest BCUT2D eigenvalue weighted by atomic mass is 35.5. The van der Waals surface area contributed by atoms with Crippen LogP contribution in [0.15, 0.2) is 23.9 Å². The average molecular weight is 321 g/mol. The normalized spacial score (nSPS) is 13.6. The average Bonchev–Trinajstić information content (AvgIpc) is 2.22. The van der Waals surface area contributed by atoms with Gasteiger partial charge in [-0.1, -0.05) is 29.3 Å². The number of aromatic nitrogens is 1. The Kier molecular flexibility index (Phi) is 4.63. The summed E-state index contributed by atoms with van der Waals surface area (Å²) in [5, 5.41) is 1.66. The number of rotatable bonds is 3. The van der Waals surface area contributed by atoms with Gasteiger partial charge in [0.1, 0.15) is 10.3 Å². The number of hydrogen-bond acceptors (Lipinski definition) is 2. The van der Waals surface area contributed by atoms with Gasteiger partial charge in [0, 0.05) is 5.69 Å². The van der Waals surface area contributed by atoms with E-state index >= 15 is 0 Å². The first kappa shape index (κ1) is 16.0. The van der Waals surface area contributed by atoms with Crippen LogP contribution in [0.2, 0.25) is 10.3 Å². The van der Waals surface area contributed by atoms with E-state index in [2.05, 4.69) is 4.98 Å². The van der Waals surface area contributed by atoms with E-state index in [1.165, 1.54) is 0 Å². The Labute approximate surface area is 115 Å². The van der Waals surface area contributed by atoms with Crippen LogP contribution >= 0.6 is 23.2 Å². The van der Waals surface area contributed by atoms with Gasteiger partial charge in [0.05, 0.1) is 5.70 Å². The molecule has 0 aliphatic rings. The standard InChI is InChI=1S/C10H7Cl2F5N2/c1-2-6(9(13,14)10(15,16)17)18-5-3-7(11)19-8(12)4-5/h2-4H,1H3,(H,18,19)/b6-2-. The van der Waals surface area contributed by atoms with Gasteiger partial charge in [-0.3, -0.25) is 0 Å². The monoisotopic (exact) mass is 320 g/mol. The lowest BCUT2D eigenvalue weighted by Crippen LogP contribution is -2.40. The van der Waals surface area contributed by atoms with Crippen molar-refractivity contribution in [1.82, 2.24) is 4.98 Å². The van der Waals surface area contributed by atoms with Gasteiger partial charge in [0.2, 0.25) is 0 Å². The van der Waals surface area contributed by atoms with E-state index in [4.69, 9.17) is 23.2 Å². The topological polar surface area (TPSA) is 24.9 Å². The molecule has 1 rings (SSSR count). The van der Waals surface area contributed by atoms with Gasteiger partial charge in [-0.15, -0.1) is 0 Å². The van der Waals surface area contributed by atoms with E-state index in [0.29, 0.717) is 6.08 Å². The summed E-state index contributed by atoms with van der Waals surface area (Å²) in [6.45, 7) is 1.05. The second kappa shape index (κ2) is 5.50. The molecule has 1 aromatic rings. The highest BCUT2D eigenvalue weighted by Gasteiger charge is 2.60. The predicted molar refractivity (Wildman–Crippen MR) is 62.6 cm³/mol. The van der Waals surface area contributed by atoms with Crippen molar-refractivity contribution < 1.29 is 22.0 Å². The third-order valence-electron chi connectivity index (χ3n) is 2.02. The maximum absolute atomic E-state index is 13.1. The Morgan fingerprint density at radius 2 is 1.63 bits per heavy atom. The fourth-order valence-corrected chi connectivity index (χ4v) is 1.64. The Morgan fingerprint density at radius 3 is 2.00 bits per heavy atom. The lowest BCUT2D eigenvalue weighted by molar-refractivity contribution is -0.263. The number of nitrogens with one attached hydrogen (secondary N) is 1. The molecule has 0 saturated heterocycles. The number of pyridine rings is 1. The third-order valence-corrected chi connectivity index (χ3v) is 2.41. The molecule has 106 valence electrons. The van der Waals surface area contributed by atoms with Crippen molar-refractivity contribution in [3.05, 3.63) is 34.2 Å². The molecule has 9 heteroatoms. The molecule has 0 bridgehead atoms. The summed E-state index contributed by atoms with van der Waals surface area (Å²) >= 11 is 11.0. The van der Waals surface area contributed by atoms with Gasteiger partial charge in [0.25, 0.3) is 0 Å². The number of nitrogens with zero attached hydrogens (tertiary/aromatic N) is 1. The number of alkyl halides is 5. The van der Waals surface area contributed by atoms with Gasteiger partial charge in [-0.25, -0.2) is 4.98 Å². The fourth-order valence-electron chi connectivity index (χ4n) is 1.18. The largest absolute Gasteiger partial charge is 0.459 e. The van der Waals surface area contributed by atoms with Crippen LogP contribution in [0.4, 0.5) is 27.6 Å².